The minimum Gasteiger partial charge on any atom is -0.497 e. The average Bonchev–Trinajstić information content (AvgIpc) is 2.42. The summed E-state index contributed by atoms with van der Waals surface area (Å²) in [5.74, 6) is -0.554. The molecule has 0 saturated heterocycles. The standard InChI is InChI=1S/C12H15NO6/c1-17-9-4-2-8(3-5-9)6-18-12(16)19-7-10(13)11(14)15/h2-5,10H,6-7,13H2,1H3,(H,14,15)/t10-/m0/s1. The number of hydrogen-bond acceptors (Lipinski definition) is 6. The Bertz CT molecular complexity index is 430. The number of benzene rings is 1. The van der Waals surface area contributed by atoms with Crippen LogP contribution < -0.4 is 10.5 Å². The predicted molar refractivity (Wildman–Crippen MR) is 64.7 cm³/mol. The van der Waals surface area contributed by atoms with Gasteiger partial charge in [0.1, 0.15) is 25.0 Å². The Labute approximate surface area is 109 Å². The van der Waals surface area contributed by atoms with Gasteiger partial charge in [0, 0.05) is 0 Å². The Morgan fingerprint density at radius 2 is 1.89 bits per heavy atom. The van der Waals surface area contributed by atoms with E-state index in [2.05, 4.69) is 4.74 Å². The average molecular weight is 269 g/mol. The van der Waals surface area contributed by atoms with Crippen LogP contribution >= 0.6 is 0 Å². The lowest BCUT2D eigenvalue weighted by Crippen LogP contribution is -2.35. The van der Waals surface area contributed by atoms with E-state index in [4.69, 9.17) is 20.3 Å². The predicted octanol–water partition coefficient (Wildman–Crippen LogP) is 0.760. The number of nitrogens with two attached hydrogens (primary N) is 1. The Morgan fingerprint density at radius 3 is 2.42 bits per heavy atom. The largest absolute Gasteiger partial charge is 0.508 e. The number of carbonyl (C=O) groups is 2. The molecule has 1 aromatic carbocycles. The van der Waals surface area contributed by atoms with Gasteiger partial charge in [-0.3, -0.25) is 4.79 Å². The third-order valence-electron chi connectivity index (χ3n) is 2.21. The van der Waals surface area contributed by atoms with Crippen LogP contribution in [0.1, 0.15) is 5.56 Å². The first-order valence-corrected chi connectivity index (χ1v) is 5.44. The van der Waals surface area contributed by atoms with Crippen LogP contribution in [0.15, 0.2) is 24.3 Å². The summed E-state index contributed by atoms with van der Waals surface area (Å²) >= 11 is 0. The van der Waals surface area contributed by atoms with Crippen LogP contribution in [0.4, 0.5) is 4.79 Å². The summed E-state index contributed by atoms with van der Waals surface area (Å²) in [4.78, 5) is 21.5. The lowest BCUT2D eigenvalue weighted by atomic mass is 10.2. The Kier molecular flexibility index (Phi) is 5.62. The molecule has 0 amide bonds. The van der Waals surface area contributed by atoms with Gasteiger partial charge in [-0.05, 0) is 17.7 Å². The molecule has 0 saturated carbocycles. The molecular formula is C12H15NO6. The summed E-state index contributed by atoms with van der Waals surface area (Å²) in [7, 11) is 1.55. The first-order valence-electron chi connectivity index (χ1n) is 5.44. The Hall–Kier alpha value is -2.28. The smallest absolute Gasteiger partial charge is 0.497 e. The summed E-state index contributed by atoms with van der Waals surface area (Å²) < 4.78 is 14.3. The van der Waals surface area contributed by atoms with Crippen molar-refractivity contribution in [1.82, 2.24) is 0 Å². The van der Waals surface area contributed by atoms with Gasteiger partial charge in [-0.15, -0.1) is 0 Å². The zero-order chi connectivity index (χ0) is 14.3. The molecule has 1 atom stereocenters. The maximum Gasteiger partial charge on any atom is 0.508 e. The number of rotatable bonds is 6. The van der Waals surface area contributed by atoms with E-state index in [-0.39, 0.29) is 6.61 Å². The molecule has 7 heteroatoms. The highest BCUT2D eigenvalue weighted by Gasteiger charge is 2.14. The Morgan fingerprint density at radius 1 is 1.26 bits per heavy atom. The van der Waals surface area contributed by atoms with Gasteiger partial charge in [-0.25, -0.2) is 4.79 Å². The van der Waals surface area contributed by atoms with Crippen LogP contribution in [0.25, 0.3) is 0 Å². The molecule has 0 heterocycles. The van der Waals surface area contributed by atoms with Crippen molar-refractivity contribution in [3.8, 4) is 5.75 Å². The first kappa shape index (κ1) is 14.8. The van der Waals surface area contributed by atoms with Crippen LogP contribution in [0.2, 0.25) is 0 Å². The highest BCUT2D eigenvalue weighted by Crippen LogP contribution is 2.12. The molecule has 0 bridgehead atoms. The van der Waals surface area contributed by atoms with Crippen LogP contribution in [-0.2, 0) is 20.9 Å². The monoisotopic (exact) mass is 269 g/mol. The van der Waals surface area contributed by atoms with E-state index in [0.29, 0.717) is 5.75 Å². The lowest BCUT2D eigenvalue weighted by Gasteiger charge is -2.08. The van der Waals surface area contributed by atoms with E-state index in [1.54, 1.807) is 31.4 Å². The number of hydrogen-bond donors (Lipinski definition) is 2. The van der Waals surface area contributed by atoms with E-state index < -0.39 is 24.8 Å². The van der Waals surface area contributed by atoms with Crippen LogP contribution in [0.5, 0.6) is 5.75 Å². The molecule has 1 rings (SSSR count). The number of carbonyl (C=O) groups excluding carboxylic acids is 1. The summed E-state index contributed by atoms with van der Waals surface area (Å²) in [6.07, 6.45) is -0.965. The molecule has 0 aromatic heterocycles. The Balaban J connectivity index is 2.31. The molecule has 0 aliphatic rings. The number of aliphatic carboxylic acids is 1. The third-order valence-corrected chi connectivity index (χ3v) is 2.21. The van der Waals surface area contributed by atoms with Gasteiger partial charge < -0.3 is 25.1 Å². The number of carboxylic acid groups (broad SMARTS) is 1. The number of methoxy groups -OCH3 is 1. The van der Waals surface area contributed by atoms with Crippen LogP contribution in [-0.4, -0.2) is 37.0 Å². The van der Waals surface area contributed by atoms with Gasteiger partial charge in [0.2, 0.25) is 0 Å². The lowest BCUT2D eigenvalue weighted by molar-refractivity contribution is -0.139. The zero-order valence-corrected chi connectivity index (χ0v) is 10.4. The van der Waals surface area contributed by atoms with E-state index in [0.717, 1.165) is 5.56 Å². The molecule has 0 aliphatic heterocycles. The minimum atomic E-state index is -1.26. The van der Waals surface area contributed by atoms with Crippen molar-refractivity contribution < 1.29 is 28.9 Å². The third kappa shape index (κ3) is 5.26. The summed E-state index contributed by atoms with van der Waals surface area (Å²) in [6, 6.07) is 5.66. The van der Waals surface area contributed by atoms with Crippen molar-refractivity contribution >= 4 is 12.1 Å². The fraction of sp³-hybridized carbons (Fsp3) is 0.333. The molecule has 0 aliphatic carbocycles. The number of carboxylic acids is 1. The molecule has 3 N–H and O–H groups in total. The fourth-order valence-corrected chi connectivity index (χ4v) is 1.13. The van der Waals surface area contributed by atoms with Gasteiger partial charge >= 0.3 is 12.1 Å². The van der Waals surface area contributed by atoms with E-state index in [1.165, 1.54) is 0 Å². The van der Waals surface area contributed by atoms with Gasteiger partial charge in [-0.1, -0.05) is 12.1 Å². The van der Waals surface area contributed by atoms with E-state index >= 15 is 0 Å². The molecule has 0 radical (unpaired) electrons. The van der Waals surface area contributed by atoms with Gasteiger partial charge in [0.15, 0.2) is 0 Å². The second kappa shape index (κ2) is 7.22. The minimum absolute atomic E-state index is 0.0190. The van der Waals surface area contributed by atoms with Crippen molar-refractivity contribution in [2.45, 2.75) is 12.6 Å². The van der Waals surface area contributed by atoms with Crippen molar-refractivity contribution in [1.29, 1.82) is 0 Å². The van der Waals surface area contributed by atoms with Crippen LogP contribution in [0, 0.1) is 0 Å². The fourth-order valence-electron chi connectivity index (χ4n) is 1.13. The molecule has 19 heavy (non-hydrogen) atoms. The highest BCUT2D eigenvalue weighted by atomic mass is 16.7. The van der Waals surface area contributed by atoms with Gasteiger partial charge in [-0.2, -0.15) is 0 Å². The maximum atomic E-state index is 11.1. The quantitative estimate of drug-likeness (QED) is 0.734. The summed E-state index contributed by atoms with van der Waals surface area (Å²) in [5.41, 5.74) is 5.91. The van der Waals surface area contributed by atoms with Gasteiger partial charge in [0.25, 0.3) is 0 Å². The van der Waals surface area contributed by atoms with Crippen molar-refractivity contribution in [2.75, 3.05) is 13.7 Å². The summed E-state index contributed by atoms with van der Waals surface area (Å²) in [6.45, 7) is -0.415. The van der Waals surface area contributed by atoms with Crippen molar-refractivity contribution in [3.63, 3.8) is 0 Å². The SMILES string of the molecule is COc1ccc(COC(=O)OC[C@H](N)C(=O)O)cc1. The maximum absolute atomic E-state index is 11.1. The molecule has 0 spiro atoms. The summed E-state index contributed by atoms with van der Waals surface area (Å²) in [5, 5.41) is 8.48. The van der Waals surface area contributed by atoms with Crippen molar-refractivity contribution in [3.05, 3.63) is 29.8 Å². The number of ether oxygens (including phenoxy) is 3. The van der Waals surface area contributed by atoms with E-state index in [9.17, 15) is 9.59 Å². The normalized spacial score (nSPS) is 11.5. The topological polar surface area (TPSA) is 108 Å². The zero-order valence-electron chi connectivity index (χ0n) is 10.4. The molecule has 1 aromatic rings. The molecular weight excluding hydrogens is 254 g/mol. The van der Waals surface area contributed by atoms with Crippen LogP contribution in [0.3, 0.4) is 0 Å². The second-order valence-electron chi connectivity index (χ2n) is 3.64. The molecule has 0 fully saturated rings. The molecule has 7 nitrogen and oxygen atoms in total. The van der Waals surface area contributed by atoms with E-state index in [1.807, 2.05) is 0 Å². The first-order chi connectivity index (χ1) is 9.02. The second-order valence-corrected chi connectivity index (χ2v) is 3.64. The molecule has 0 unspecified atom stereocenters. The van der Waals surface area contributed by atoms with Gasteiger partial charge in [0.05, 0.1) is 7.11 Å². The molecule has 104 valence electrons. The highest BCUT2D eigenvalue weighted by molar-refractivity contribution is 5.73. The van der Waals surface area contributed by atoms with Crippen molar-refractivity contribution in [2.24, 2.45) is 5.73 Å².